The van der Waals surface area contributed by atoms with Gasteiger partial charge in [-0.1, -0.05) is 0 Å². The van der Waals surface area contributed by atoms with Crippen LogP contribution in [0.15, 0.2) is 12.1 Å². The fourth-order valence-electron chi connectivity index (χ4n) is 1.30. The molecule has 0 aliphatic carbocycles. The lowest BCUT2D eigenvalue weighted by molar-refractivity contribution is -0.138. The maximum absolute atomic E-state index is 12.6. The largest absolute Gasteiger partial charge is 0.465 e. The predicted octanol–water partition coefficient (Wildman–Crippen LogP) is 3.41. The summed E-state index contributed by atoms with van der Waals surface area (Å²) in [5, 5.41) is 0. The maximum Gasteiger partial charge on any atom is 0.416 e. The molecular weight excluding hydrogens is 336 g/mol. The molecule has 0 saturated carbocycles. The van der Waals surface area contributed by atoms with Gasteiger partial charge in [-0.15, -0.1) is 0 Å². The summed E-state index contributed by atoms with van der Waals surface area (Å²) in [7, 11) is 1.13. The highest BCUT2D eigenvalue weighted by molar-refractivity contribution is 14.1. The van der Waals surface area contributed by atoms with E-state index < -0.39 is 17.7 Å². The molecule has 0 radical (unpaired) electrons. The first-order chi connectivity index (χ1) is 7.27. The molecule has 0 heterocycles. The van der Waals surface area contributed by atoms with E-state index >= 15 is 0 Å². The summed E-state index contributed by atoms with van der Waals surface area (Å²) in [4.78, 5) is 11.3. The van der Waals surface area contributed by atoms with Crippen molar-refractivity contribution in [3.05, 3.63) is 32.4 Å². The number of benzene rings is 1. The average molecular weight is 344 g/mol. The van der Waals surface area contributed by atoms with Crippen molar-refractivity contribution < 1.29 is 22.7 Å². The number of esters is 1. The van der Waals surface area contributed by atoms with Crippen LogP contribution in [0.4, 0.5) is 13.2 Å². The Bertz CT molecular complexity index is 427. The van der Waals surface area contributed by atoms with Crippen molar-refractivity contribution in [2.75, 3.05) is 7.11 Å². The summed E-state index contributed by atoms with van der Waals surface area (Å²) in [6.07, 6.45) is -4.46. The number of carbonyl (C=O) groups is 1. The van der Waals surface area contributed by atoms with Crippen LogP contribution in [0.3, 0.4) is 0 Å². The van der Waals surface area contributed by atoms with E-state index in [1.165, 1.54) is 13.0 Å². The van der Waals surface area contributed by atoms with Gasteiger partial charge in [-0.3, -0.25) is 0 Å². The van der Waals surface area contributed by atoms with E-state index in [0.717, 1.165) is 13.2 Å². The van der Waals surface area contributed by atoms with Crippen LogP contribution in [0.2, 0.25) is 0 Å². The number of hydrogen-bond donors (Lipinski definition) is 0. The summed E-state index contributed by atoms with van der Waals surface area (Å²) in [5.41, 5.74) is -0.971. The molecule has 0 unspecified atom stereocenters. The molecule has 1 aromatic carbocycles. The first kappa shape index (κ1) is 13.3. The highest BCUT2D eigenvalue weighted by Crippen LogP contribution is 2.34. The summed E-state index contributed by atoms with van der Waals surface area (Å²) < 4.78 is 42.6. The van der Waals surface area contributed by atoms with E-state index in [1.807, 2.05) is 0 Å². The first-order valence-corrected chi connectivity index (χ1v) is 5.31. The topological polar surface area (TPSA) is 26.3 Å². The molecule has 0 atom stereocenters. The van der Waals surface area contributed by atoms with Crippen LogP contribution in [-0.2, 0) is 10.9 Å². The van der Waals surface area contributed by atoms with Crippen molar-refractivity contribution in [2.45, 2.75) is 13.1 Å². The lowest BCUT2D eigenvalue weighted by atomic mass is 10.0. The zero-order valence-electron chi connectivity index (χ0n) is 8.48. The fourth-order valence-corrected chi connectivity index (χ4v) is 1.92. The molecule has 0 bridgehead atoms. The van der Waals surface area contributed by atoms with Crippen LogP contribution < -0.4 is 0 Å². The van der Waals surface area contributed by atoms with Gasteiger partial charge in [0, 0.05) is 3.57 Å². The van der Waals surface area contributed by atoms with E-state index in [4.69, 9.17) is 0 Å². The summed E-state index contributed by atoms with van der Waals surface area (Å²) in [5.74, 6) is -0.762. The zero-order chi connectivity index (χ0) is 12.5. The number of hydrogen-bond acceptors (Lipinski definition) is 2. The molecular formula is C10H8F3IO2. The minimum atomic E-state index is -4.46. The Kier molecular flexibility index (Phi) is 3.82. The van der Waals surface area contributed by atoms with Crippen LogP contribution >= 0.6 is 22.6 Å². The Labute approximate surface area is 104 Å². The van der Waals surface area contributed by atoms with Crippen LogP contribution in [0.1, 0.15) is 21.5 Å². The van der Waals surface area contributed by atoms with Crippen molar-refractivity contribution in [3.8, 4) is 0 Å². The SMILES string of the molecule is COC(=O)c1cc(I)cc(C(F)(F)F)c1C. The predicted molar refractivity (Wildman–Crippen MR) is 60.2 cm³/mol. The Morgan fingerprint density at radius 3 is 2.38 bits per heavy atom. The molecule has 1 aromatic rings. The molecule has 2 nitrogen and oxygen atoms in total. The molecule has 88 valence electrons. The summed E-state index contributed by atoms with van der Waals surface area (Å²) in [6.45, 7) is 1.26. The number of carbonyl (C=O) groups excluding carboxylic acids is 1. The smallest absolute Gasteiger partial charge is 0.416 e. The first-order valence-electron chi connectivity index (χ1n) is 4.23. The number of halogens is 4. The lowest BCUT2D eigenvalue weighted by Gasteiger charge is -2.13. The van der Waals surface area contributed by atoms with Crippen molar-refractivity contribution in [3.63, 3.8) is 0 Å². The van der Waals surface area contributed by atoms with Crippen LogP contribution in [0, 0.1) is 10.5 Å². The molecule has 0 spiro atoms. The molecule has 0 amide bonds. The summed E-state index contributed by atoms with van der Waals surface area (Å²) >= 11 is 1.73. The minimum Gasteiger partial charge on any atom is -0.465 e. The molecule has 1 rings (SSSR count). The van der Waals surface area contributed by atoms with Gasteiger partial charge in [-0.2, -0.15) is 13.2 Å². The van der Waals surface area contributed by atoms with E-state index in [0.29, 0.717) is 3.57 Å². The Morgan fingerprint density at radius 1 is 1.38 bits per heavy atom. The number of ether oxygens (including phenoxy) is 1. The van der Waals surface area contributed by atoms with Gasteiger partial charge in [0.15, 0.2) is 0 Å². The second kappa shape index (κ2) is 4.60. The third kappa shape index (κ3) is 2.66. The van der Waals surface area contributed by atoms with Crippen molar-refractivity contribution in [1.82, 2.24) is 0 Å². The molecule has 6 heteroatoms. The van der Waals surface area contributed by atoms with Gasteiger partial charge in [0.25, 0.3) is 0 Å². The highest BCUT2D eigenvalue weighted by atomic mass is 127. The number of methoxy groups -OCH3 is 1. The standard InChI is InChI=1S/C10H8F3IO2/c1-5-7(9(15)16-2)3-6(14)4-8(5)10(11,12)13/h3-4H,1-2H3. The number of rotatable bonds is 1. The van der Waals surface area contributed by atoms with E-state index in [-0.39, 0.29) is 11.1 Å². The van der Waals surface area contributed by atoms with Crippen LogP contribution in [0.25, 0.3) is 0 Å². The van der Waals surface area contributed by atoms with E-state index in [9.17, 15) is 18.0 Å². The zero-order valence-corrected chi connectivity index (χ0v) is 10.6. The van der Waals surface area contributed by atoms with Gasteiger partial charge >= 0.3 is 12.1 Å². The van der Waals surface area contributed by atoms with E-state index in [2.05, 4.69) is 4.74 Å². The van der Waals surface area contributed by atoms with Crippen molar-refractivity contribution in [1.29, 1.82) is 0 Å². The summed E-state index contributed by atoms with van der Waals surface area (Å²) in [6, 6.07) is 2.37. The van der Waals surface area contributed by atoms with Gasteiger partial charge in [-0.05, 0) is 47.2 Å². The second-order valence-electron chi connectivity index (χ2n) is 3.12. The van der Waals surface area contributed by atoms with Gasteiger partial charge < -0.3 is 4.74 Å². The third-order valence-electron chi connectivity index (χ3n) is 2.08. The Balaban J connectivity index is 3.44. The molecule has 0 fully saturated rings. The fraction of sp³-hybridized carbons (Fsp3) is 0.300. The number of alkyl halides is 3. The van der Waals surface area contributed by atoms with Gasteiger partial charge in [0.05, 0.1) is 18.2 Å². The third-order valence-corrected chi connectivity index (χ3v) is 2.71. The van der Waals surface area contributed by atoms with Crippen molar-refractivity contribution >= 4 is 28.6 Å². The van der Waals surface area contributed by atoms with Crippen LogP contribution in [0.5, 0.6) is 0 Å². The molecule has 0 saturated heterocycles. The Hall–Kier alpha value is -0.790. The second-order valence-corrected chi connectivity index (χ2v) is 4.36. The Morgan fingerprint density at radius 2 is 1.94 bits per heavy atom. The maximum atomic E-state index is 12.6. The highest BCUT2D eigenvalue weighted by Gasteiger charge is 2.34. The molecule has 16 heavy (non-hydrogen) atoms. The molecule has 0 aliphatic heterocycles. The van der Waals surface area contributed by atoms with Gasteiger partial charge in [0.2, 0.25) is 0 Å². The van der Waals surface area contributed by atoms with Gasteiger partial charge in [-0.25, -0.2) is 4.79 Å². The molecule has 0 N–H and O–H groups in total. The minimum absolute atomic E-state index is 0.0540. The normalized spacial score (nSPS) is 11.4. The molecule has 0 aromatic heterocycles. The van der Waals surface area contributed by atoms with Crippen molar-refractivity contribution in [2.24, 2.45) is 0 Å². The van der Waals surface area contributed by atoms with E-state index in [1.54, 1.807) is 22.6 Å². The monoisotopic (exact) mass is 344 g/mol. The molecule has 0 aliphatic rings. The average Bonchev–Trinajstić information content (AvgIpc) is 2.18. The van der Waals surface area contributed by atoms with Crippen LogP contribution in [-0.4, -0.2) is 13.1 Å². The quantitative estimate of drug-likeness (QED) is 0.577. The van der Waals surface area contributed by atoms with Gasteiger partial charge in [0.1, 0.15) is 0 Å². The lowest BCUT2D eigenvalue weighted by Crippen LogP contribution is -2.13.